The van der Waals surface area contributed by atoms with Crippen LogP contribution in [0.3, 0.4) is 0 Å². The van der Waals surface area contributed by atoms with E-state index in [4.69, 9.17) is 46.4 Å². The molecule has 0 saturated heterocycles. The largest absolute Gasteiger partial charge is 0.195 e. The zero-order valence-electron chi connectivity index (χ0n) is 6.44. The van der Waals surface area contributed by atoms with Gasteiger partial charge in [-0.2, -0.15) is 0 Å². The van der Waals surface area contributed by atoms with Crippen LogP contribution >= 0.6 is 46.4 Å². The first-order valence-electron chi connectivity index (χ1n) is 4.21. The molecule has 0 nitrogen and oxygen atoms in total. The number of fused-ring (bicyclic) bond motifs is 2. The lowest BCUT2D eigenvalue weighted by Crippen LogP contribution is -2.33. The van der Waals surface area contributed by atoms with Crippen LogP contribution in [0.2, 0.25) is 0 Å². The van der Waals surface area contributed by atoms with Gasteiger partial charge in [-0.15, -0.1) is 11.6 Å². The number of hydrogen-bond acceptors (Lipinski definition) is 0. The van der Waals surface area contributed by atoms with Crippen molar-refractivity contribution in [2.75, 3.05) is 0 Å². The first-order valence-corrected chi connectivity index (χ1v) is 5.78. The maximum atomic E-state index is 6.21. The third kappa shape index (κ3) is 1.45. The molecule has 70 valence electrons. The molecule has 0 aromatic heterocycles. The summed E-state index contributed by atoms with van der Waals surface area (Å²) in [5, 5.41) is 0.0799. The average Bonchev–Trinajstić information content (AvgIpc) is 2.42. The lowest BCUT2D eigenvalue weighted by Gasteiger charge is -2.31. The maximum Gasteiger partial charge on any atom is 0.195 e. The molecule has 2 aliphatic carbocycles. The monoisotopic (exact) mass is 246 g/mol. The lowest BCUT2D eigenvalue weighted by molar-refractivity contribution is 0.344. The van der Waals surface area contributed by atoms with Crippen LogP contribution < -0.4 is 0 Å². The minimum absolute atomic E-state index is 0.0721. The molecule has 2 rings (SSSR count). The first kappa shape index (κ1) is 9.71. The highest BCUT2D eigenvalue weighted by atomic mass is 35.6. The molecule has 0 aliphatic heterocycles. The highest BCUT2D eigenvalue weighted by molar-refractivity contribution is 6.68. The fourth-order valence-corrected chi connectivity index (χ4v) is 4.43. The summed E-state index contributed by atoms with van der Waals surface area (Å²) >= 11 is 23.8. The normalized spacial score (nSPS) is 47.0. The van der Waals surface area contributed by atoms with Crippen molar-refractivity contribution in [3.63, 3.8) is 0 Å². The Hall–Kier alpha value is 1.16. The molecule has 4 atom stereocenters. The van der Waals surface area contributed by atoms with Crippen molar-refractivity contribution in [3.8, 4) is 0 Å². The van der Waals surface area contributed by atoms with Gasteiger partial charge >= 0.3 is 0 Å². The Kier molecular flexibility index (Phi) is 2.49. The van der Waals surface area contributed by atoms with Gasteiger partial charge in [0.2, 0.25) is 0 Å². The van der Waals surface area contributed by atoms with Gasteiger partial charge in [0.1, 0.15) is 0 Å². The van der Waals surface area contributed by atoms with Crippen molar-refractivity contribution in [2.24, 2.45) is 17.8 Å². The lowest BCUT2D eigenvalue weighted by atomic mass is 9.89. The Balaban J connectivity index is 2.17. The van der Waals surface area contributed by atoms with Crippen molar-refractivity contribution >= 4 is 46.4 Å². The average molecular weight is 248 g/mol. The predicted octanol–water partition coefficient (Wildman–Crippen LogP) is 4.01. The van der Waals surface area contributed by atoms with Crippen LogP contribution in [0.4, 0.5) is 0 Å². The molecular weight excluding hydrogens is 238 g/mol. The molecule has 2 fully saturated rings. The van der Waals surface area contributed by atoms with Gasteiger partial charge in [-0.3, -0.25) is 0 Å². The zero-order valence-corrected chi connectivity index (χ0v) is 9.47. The van der Waals surface area contributed by atoms with E-state index in [0.29, 0.717) is 11.8 Å². The summed E-state index contributed by atoms with van der Waals surface area (Å²) in [7, 11) is 0. The van der Waals surface area contributed by atoms with E-state index >= 15 is 0 Å². The summed E-state index contributed by atoms with van der Waals surface area (Å²) < 4.78 is -1.16. The summed E-state index contributed by atoms with van der Waals surface area (Å²) in [4.78, 5) is 0. The Morgan fingerprint density at radius 1 is 1.00 bits per heavy atom. The van der Waals surface area contributed by atoms with Crippen molar-refractivity contribution < 1.29 is 0 Å². The minimum Gasteiger partial charge on any atom is -0.122 e. The molecule has 2 saturated carbocycles. The smallest absolute Gasteiger partial charge is 0.122 e. The van der Waals surface area contributed by atoms with Gasteiger partial charge in [0.15, 0.2) is 3.79 Å². The Labute approximate surface area is 92.5 Å². The van der Waals surface area contributed by atoms with Gasteiger partial charge in [-0.1, -0.05) is 34.8 Å². The van der Waals surface area contributed by atoms with Gasteiger partial charge in [0.05, 0.1) is 0 Å². The standard InChI is InChI=1S/C8H10Cl4/c9-7-5-2-1-4(3-5)6(7)8(10,11)12/h4-7H,1-3H2/t4-,5+,6?,7+/m0/s1. The highest BCUT2D eigenvalue weighted by Gasteiger charge is 2.54. The quantitative estimate of drug-likeness (QED) is 0.568. The number of hydrogen-bond donors (Lipinski definition) is 0. The molecular formula is C8H10Cl4. The second-order valence-corrected chi connectivity index (χ2v) is 6.72. The number of rotatable bonds is 0. The van der Waals surface area contributed by atoms with E-state index in [2.05, 4.69) is 0 Å². The van der Waals surface area contributed by atoms with E-state index in [-0.39, 0.29) is 11.3 Å². The molecule has 0 heterocycles. The summed E-state index contributed by atoms with van der Waals surface area (Å²) in [6, 6.07) is 0. The Bertz CT molecular complexity index is 184. The van der Waals surface area contributed by atoms with Crippen molar-refractivity contribution in [3.05, 3.63) is 0 Å². The first-order chi connectivity index (χ1) is 5.50. The van der Waals surface area contributed by atoms with Gasteiger partial charge in [0, 0.05) is 11.3 Å². The Morgan fingerprint density at radius 3 is 1.92 bits per heavy atom. The fraction of sp³-hybridized carbons (Fsp3) is 1.00. The summed E-state index contributed by atoms with van der Waals surface area (Å²) in [5.41, 5.74) is 0. The molecule has 2 bridgehead atoms. The summed E-state index contributed by atoms with van der Waals surface area (Å²) in [5.74, 6) is 1.21. The van der Waals surface area contributed by atoms with Crippen LogP contribution in [0.15, 0.2) is 0 Å². The van der Waals surface area contributed by atoms with Crippen molar-refractivity contribution in [1.82, 2.24) is 0 Å². The molecule has 4 heteroatoms. The molecule has 1 unspecified atom stereocenters. The van der Waals surface area contributed by atoms with E-state index in [1.807, 2.05) is 0 Å². The van der Waals surface area contributed by atoms with Crippen LogP contribution in [0.25, 0.3) is 0 Å². The second kappa shape index (κ2) is 3.08. The van der Waals surface area contributed by atoms with E-state index < -0.39 is 3.79 Å². The highest BCUT2D eigenvalue weighted by Crippen LogP contribution is 2.58. The maximum absolute atomic E-state index is 6.21. The summed E-state index contributed by atoms with van der Waals surface area (Å²) in [6.45, 7) is 0. The molecule has 12 heavy (non-hydrogen) atoms. The van der Waals surface area contributed by atoms with Crippen LogP contribution in [-0.2, 0) is 0 Å². The topological polar surface area (TPSA) is 0 Å². The predicted molar refractivity (Wildman–Crippen MR) is 54.3 cm³/mol. The molecule has 0 spiro atoms. The molecule has 0 aromatic carbocycles. The second-order valence-electron chi connectivity index (χ2n) is 3.85. The fourth-order valence-electron chi connectivity index (χ4n) is 2.67. The number of halogens is 4. The van der Waals surface area contributed by atoms with E-state index in [9.17, 15) is 0 Å². The van der Waals surface area contributed by atoms with Crippen LogP contribution in [0.1, 0.15) is 19.3 Å². The molecule has 2 aliphatic rings. The van der Waals surface area contributed by atoms with Crippen molar-refractivity contribution in [1.29, 1.82) is 0 Å². The van der Waals surface area contributed by atoms with Crippen molar-refractivity contribution in [2.45, 2.75) is 28.4 Å². The van der Waals surface area contributed by atoms with Crippen LogP contribution in [0, 0.1) is 17.8 Å². The van der Waals surface area contributed by atoms with Gasteiger partial charge in [-0.25, -0.2) is 0 Å². The van der Waals surface area contributed by atoms with E-state index in [1.165, 1.54) is 12.8 Å². The molecule has 0 N–H and O–H groups in total. The molecule has 0 amide bonds. The zero-order chi connectivity index (χ0) is 8.93. The number of alkyl halides is 4. The van der Waals surface area contributed by atoms with Gasteiger partial charge in [0.25, 0.3) is 0 Å². The summed E-state index contributed by atoms with van der Waals surface area (Å²) in [6.07, 6.45) is 3.56. The van der Waals surface area contributed by atoms with Crippen LogP contribution in [0.5, 0.6) is 0 Å². The third-order valence-electron chi connectivity index (χ3n) is 3.19. The van der Waals surface area contributed by atoms with Crippen LogP contribution in [-0.4, -0.2) is 9.17 Å². The van der Waals surface area contributed by atoms with Gasteiger partial charge < -0.3 is 0 Å². The van der Waals surface area contributed by atoms with E-state index in [0.717, 1.165) is 6.42 Å². The third-order valence-corrected chi connectivity index (χ3v) is 4.58. The molecule has 0 radical (unpaired) electrons. The molecule has 0 aromatic rings. The minimum atomic E-state index is -1.16. The SMILES string of the molecule is Cl[C@H]1C(C(Cl)(Cl)Cl)[C@H]2CC[C@@H]1C2. The Morgan fingerprint density at radius 2 is 1.58 bits per heavy atom. The van der Waals surface area contributed by atoms with E-state index in [1.54, 1.807) is 0 Å². The van der Waals surface area contributed by atoms with Gasteiger partial charge in [-0.05, 0) is 31.1 Å².